The minimum absolute atomic E-state index is 0.363. The van der Waals surface area contributed by atoms with Gasteiger partial charge >= 0.3 is 0 Å². The standard InChI is InChI=1S/C12H14N2O/c1-3-9(2)12-14-8-11(15-12)10-6-4-5-7-13-10/h4-9H,3H2,1-2H3. The van der Waals surface area contributed by atoms with Crippen LogP contribution in [0.15, 0.2) is 35.0 Å². The van der Waals surface area contributed by atoms with Gasteiger partial charge in [0.15, 0.2) is 11.7 Å². The van der Waals surface area contributed by atoms with E-state index in [1.54, 1.807) is 12.4 Å². The molecule has 15 heavy (non-hydrogen) atoms. The van der Waals surface area contributed by atoms with Gasteiger partial charge in [-0.2, -0.15) is 0 Å². The fraction of sp³-hybridized carbons (Fsp3) is 0.333. The molecule has 0 aliphatic heterocycles. The van der Waals surface area contributed by atoms with E-state index in [9.17, 15) is 0 Å². The highest BCUT2D eigenvalue weighted by molar-refractivity contribution is 5.49. The van der Waals surface area contributed by atoms with Gasteiger partial charge < -0.3 is 4.42 Å². The van der Waals surface area contributed by atoms with E-state index in [0.717, 1.165) is 23.8 Å². The molecule has 0 saturated carbocycles. The van der Waals surface area contributed by atoms with Crippen molar-refractivity contribution in [3.63, 3.8) is 0 Å². The third-order valence-corrected chi connectivity index (χ3v) is 2.47. The molecule has 0 amide bonds. The molecule has 0 saturated heterocycles. The van der Waals surface area contributed by atoms with E-state index in [-0.39, 0.29) is 0 Å². The number of oxazole rings is 1. The maximum absolute atomic E-state index is 5.65. The molecule has 1 unspecified atom stereocenters. The predicted molar refractivity (Wildman–Crippen MR) is 58.4 cm³/mol. The van der Waals surface area contributed by atoms with Gasteiger partial charge in [-0.1, -0.05) is 19.9 Å². The number of nitrogens with zero attached hydrogens (tertiary/aromatic N) is 2. The Morgan fingerprint density at radius 2 is 2.20 bits per heavy atom. The van der Waals surface area contributed by atoms with Crippen LogP contribution in [-0.4, -0.2) is 9.97 Å². The third kappa shape index (κ3) is 2.06. The molecular formula is C12H14N2O. The van der Waals surface area contributed by atoms with Crippen molar-refractivity contribution in [1.82, 2.24) is 9.97 Å². The first-order valence-corrected chi connectivity index (χ1v) is 5.18. The minimum Gasteiger partial charge on any atom is -0.439 e. The Morgan fingerprint density at radius 1 is 1.33 bits per heavy atom. The molecule has 0 aliphatic rings. The summed E-state index contributed by atoms with van der Waals surface area (Å²) in [7, 11) is 0. The number of hydrogen-bond donors (Lipinski definition) is 0. The second-order valence-corrected chi connectivity index (χ2v) is 3.59. The minimum atomic E-state index is 0.363. The maximum atomic E-state index is 5.65. The molecule has 0 radical (unpaired) electrons. The fourth-order valence-corrected chi connectivity index (χ4v) is 1.32. The third-order valence-electron chi connectivity index (χ3n) is 2.47. The lowest BCUT2D eigenvalue weighted by Crippen LogP contribution is -1.89. The van der Waals surface area contributed by atoms with Gasteiger partial charge in [0, 0.05) is 12.1 Å². The molecular weight excluding hydrogens is 188 g/mol. The second kappa shape index (κ2) is 4.26. The van der Waals surface area contributed by atoms with E-state index in [2.05, 4.69) is 23.8 Å². The van der Waals surface area contributed by atoms with Crippen LogP contribution in [0.25, 0.3) is 11.5 Å². The van der Waals surface area contributed by atoms with Gasteiger partial charge in [0.2, 0.25) is 0 Å². The van der Waals surface area contributed by atoms with E-state index >= 15 is 0 Å². The summed E-state index contributed by atoms with van der Waals surface area (Å²) in [5.74, 6) is 1.89. The van der Waals surface area contributed by atoms with Gasteiger partial charge in [0.1, 0.15) is 5.69 Å². The van der Waals surface area contributed by atoms with Crippen molar-refractivity contribution < 1.29 is 4.42 Å². The molecule has 1 atom stereocenters. The quantitative estimate of drug-likeness (QED) is 0.766. The highest BCUT2D eigenvalue weighted by atomic mass is 16.4. The van der Waals surface area contributed by atoms with Crippen molar-refractivity contribution in [1.29, 1.82) is 0 Å². The summed E-state index contributed by atoms with van der Waals surface area (Å²) in [6, 6.07) is 5.74. The first-order valence-electron chi connectivity index (χ1n) is 5.18. The van der Waals surface area contributed by atoms with Gasteiger partial charge in [-0.05, 0) is 18.6 Å². The maximum Gasteiger partial charge on any atom is 0.197 e. The Bertz CT molecular complexity index is 422. The number of rotatable bonds is 3. The van der Waals surface area contributed by atoms with Crippen LogP contribution in [0.2, 0.25) is 0 Å². The molecule has 0 aromatic carbocycles. The van der Waals surface area contributed by atoms with Crippen LogP contribution in [0, 0.1) is 0 Å². The van der Waals surface area contributed by atoms with Crippen molar-refractivity contribution in [3.05, 3.63) is 36.5 Å². The van der Waals surface area contributed by atoms with Gasteiger partial charge in [-0.3, -0.25) is 4.98 Å². The molecule has 0 fully saturated rings. The van der Waals surface area contributed by atoms with Crippen LogP contribution in [0.5, 0.6) is 0 Å². The van der Waals surface area contributed by atoms with Crippen LogP contribution < -0.4 is 0 Å². The number of hydrogen-bond acceptors (Lipinski definition) is 3. The SMILES string of the molecule is CCC(C)c1ncc(-c2ccccn2)o1. The first-order chi connectivity index (χ1) is 7.31. The van der Waals surface area contributed by atoms with Crippen LogP contribution >= 0.6 is 0 Å². The van der Waals surface area contributed by atoms with Crippen molar-refractivity contribution in [2.75, 3.05) is 0 Å². The number of aromatic nitrogens is 2. The van der Waals surface area contributed by atoms with Gasteiger partial charge in [0.05, 0.1) is 6.20 Å². The topological polar surface area (TPSA) is 38.9 Å². The van der Waals surface area contributed by atoms with Crippen LogP contribution in [0.1, 0.15) is 32.1 Å². The second-order valence-electron chi connectivity index (χ2n) is 3.59. The average Bonchev–Trinajstić information content (AvgIpc) is 2.78. The van der Waals surface area contributed by atoms with E-state index in [0.29, 0.717) is 5.92 Å². The normalized spacial score (nSPS) is 12.7. The van der Waals surface area contributed by atoms with E-state index in [4.69, 9.17) is 4.42 Å². The van der Waals surface area contributed by atoms with E-state index in [1.807, 2.05) is 18.2 Å². The van der Waals surface area contributed by atoms with Crippen molar-refractivity contribution in [2.45, 2.75) is 26.2 Å². The van der Waals surface area contributed by atoms with Crippen LogP contribution in [0.3, 0.4) is 0 Å². The van der Waals surface area contributed by atoms with Gasteiger partial charge in [-0.25, -0.2) is 4.98 Å². The van der Waals surface area contributed by atoms with Crippen molar-refractivity contribution in [2.24, 2.45) is 0 Å². The smallest absolute Gasteiger partial charge is 0.197 e. The summed E-state index contributed by atoms with van der Waals surface area (Å²) in [4.78, 5) is 8.47. The zero-order valence-electron chi connectivity index (χ0n) is 8.97. The average molecular weight is 202 g/mol. The predicted octanol–water partition coefficient (Wildman–Crippen LogP) is 3.25. The molecule has 0 bridgehead atoms. The van der Waals surface area contributed by atoms with E-state index in [1.165, 1.54) is 0 Å². The molecule has 0 N–H and O–H groups in total. The Kier molecular flexibility index (Phi) is 2.81. The summed E-state index contributed by atoms with van der Waals surface area (Å²) in [6.07, 6.45) is 4.52. The van der Waals surface area contributed by atoms with Crippen molar-refractivity contribution >= 4 is 0 Å². The molecule has 0 aliphatic carbocycles. The Balaban J connectivity index is 2.28. The first kappa shape index (κ1) is 9.90. The van der Waals surface area contributed by atoms with Crippen molar-refractivity contribution in [3.8, 4) is 11.5 Å². The zero-order valence-corrected chi connectivity index (χ0v) is 8.97. The van der Waals surface area contributed by atoms with E-state index < -0.39 is 0 Å². The lowest BCUT2D eigenvalue weighted by Gasteiger charge is -2.01. The summed E-state index contributed by atoms with van der Waals surface area (Å²) < 4.78 is 5.65. The highest BCUT2D eigenvalue weighted by Crippen LogP contribution is 2.23. The monoisotopic (exact) mass is 202 g/mol. The summed E-state index contributed by atoms with van der Waals surface area (Å²) in [5, 5.41) is 0. The largest absolute Gasteiger partial charge is 0.439 e. The Hall–Kier alpha value is -1.64. The fourth-order valence-electron chi connectivity index (χ4n) is 1.32. The molecule has 2 rings (SSSR count). The summed E-state index contributed by atoms with van der Waals surface area (Å²) >= 11 is 0. The molecule has 2 heterocycles. The Morgan fingerprint density at radius 3 is 2.87 bits per heavy atom. The molecule has 78 valence electrons. The van der Waals surface area contributed by atoms with Gasteiger partial charge in [-0.15, -0.1) is 0 Å². The summed E-state index contributed by atoms with van der Waals surface area (Å²) in [5.41, 5.74) is 0.833. The number of pyridine rings is 1. The molecule has 2 aromatic rings. The van der Waals surface area contributed by atoms with Crippen LogP contribution in [-0.2, 0) is 0 Å². The molecule has 3 nitrogen and oxygen atoms in total. The lowest BCUT2D eigenvalue weighted by atomic mass is 10.1. The van der Waals surface area contributed by atoms with Crippen LogP contribution in [0.4, 0.5) is 0 Å². The molecule has 2 aromatic heterocycles. The summed E-state index contributed by atoms with van der Waals surface area (Å²) in [6.45, 7) is 4.23. The van der Waals surface area contributed by atoms with Gasteiger partial charge in [0.25, 0.3) is 0 Å². The lowest BCUT2D eigenvalue weighted by molar-refractivity contribution is 0.461. The molecule has 0 spiro atoms. The molecule has 3 heteroatoms. The Labute approximate surface area is 89.2 Å². The highest BCUT2D eigenvalue weighted by Gasteiger charge is 2.11. The zero-order chi connectivity index (χ0) is 10.7.